The fraction of sp³-hybridized carbons (Fsp3) is 0.227. The Balaban J connectivity index is 1.80. The molecule has 1 saturated heterocycles. The maximum Gasteiger partial charge on any atom is 0.242 e. The quantitative estimate of drug-likeness (QED) is 0.556. The third kappa shape index (κ3) is 5.06. The van der Waals surface area contributed by atoms with Gasteiger partial charge in [-0.25, -0.2) is 4.99 Å². The van der Waals surface area contributed by atoms with Gasteiger partial charge in [0.2, 0.25) is 11.8 Å². The van der Waals surface area contributed by atoms with Crippen LogP contribution in [0.2, 0.25) is 10.0 Å². The smallest absolute Gasteiger partial charge is 0.242 e. The first kappa shape index (κ1) is 22.4. The molecule has 1 unspecified atom stereocenters. The van der Waals surface area contributed by atoms with Gasteiger partial charge in [-0.3, -0.25) is 14.5 Å². The third-order valence-electron chi connectivity index (χ3n) is 4.55. The van der Waals surface area contributed by atoms with Crippen molar-refractivity contribution in [1.29, 1.82) is 0 Å². The van der Waals surface area contributed by atoms with Crippen LogP contribution in [0.5, 0.6) is 0 Å². The van der Waals surface area contributed by atoms with E-state index in [1.165, 1.54) is 11.8 Å². The standard InChI is InChI=1S/C22H21Cl2N3O2S/c1-4-10-27-21(29)18(12-19(28)25-17-11-15(23)8-9-16(17)24)30-22(27)26-20-13(2)6-5-7-14(20)3/h4-9,11,18H,1,10,12H2,2-3H3,(H,25,28). The molecular weight excluding hydrogens is 441 g/mol. The first-order valence-electron chi connectivity index (χ1n) is 9.29. The number of aliphatic imine (C=N–C) groups is 1. The summed E-state index contributed by atoms with van der Waals surface area (Å²) in [6, 6.07) is 10.7. The van der Waals surface area contributed by atoms with Crippen LogP contribution in [-0.2, 0) is 9.59 Å². The summed E-state index contributed by atoms with van der Waals surface area (Å²) < 4.78 is 0. The van der Waals surface area contributed by atoms with Crippen molar-refractivity contribution in [3.8, 4) is 0 Å². The Kier molecular flexibility index (Phi) is 7.23. The Morgan fingerprint density at radius 3 is 2.63 bits per heavy atom. The van der Waals surface area contributed by atoms with E-state index in [0.717, 1.165) is 16.8 Å². The lowest BCUT2D eigenvalue weighted by Crippen LogP contribution is -2.33. The van der Waals surface area contributed by atoms with Crippen molar-refractivity contribution in [3.05, 3.63) is 70.2 Å². The monoisotopic (exact) mass is 461 g/mol. The molecule has 5 nitrogen and oxygen atoms in total. The predicted molar refractivity (Wildman–Crippen MR) is 126 cm³/mol. The van der Waals surface area contributed by atoms with E-state index in [1.807, 2.05) is 32.0 Å². The minimum absolute atomic E-state index is 0.00818. The van der Waals surface area contributed by atoms with Gasteiger partial charge in [-0.15, -0.1) is 6.58 Å². The molecule has 0 bridgehead atoms. The summed E-state index contributed by atoms with van der Waals surface area (Å²) in [5.41, 5.74) is 3.28. The van der Waals surface area contributed by atoms with Gasteiger partial charge in [0.05, 0.1) is 16.4 Å². The zero-order valence-corrected chi connectivity index (χ0v) is 18.9. The minimum Gasteiger partial charge on any atom is -0.325 e. The highest BCUT2D eigenvalue weighted by Gasteiger charge is 2.38. The summed E-state index contributed by atoms with van der Waals surface area (Å²) in [7, 11) is 0. The van der Waals surface area contributed by atoms with Crippen molar-refractivity contribution in [3.63, 3.8) is 0 Å². The van der Waals surface area contributed by atoms with Gasteiger partial charge in [-0.1, -0.05) is 59.2 Å². The fourth-order valence-corrected chi connectivity index (χ4v) is 4.55. The van der Waals surface area contributed by atoms with Crippen molar-refractivity contribution >= 4 is 63.3 Å². The molecule has 0 aliphatic carbocycles. The topological polar surface area (TPSA) is 61.8 Å². The molecule has 30 heavy (non-hydrogen) atoms. The van der Waals surface area contributed by atoms with Crippen LogP contribution in [-0.4, -0.2) is 33.7 Å². The van der Waals surface area contributed by atoms with Crippen molar-refractivity contribution in [2.75, 3.05) is 11.9 Å². The second-order valence-electron chi connectivity index (χ2n) is 6.86. The van der Waals surface area contributed by atoms with Crippen molar-refractivity contribution < 1.29 is 9.59 Å². The zero-order valence-electron chi connectivity index (χ0n) is 16.6. The van der Waals surface area contributed by atoms with Crippen LogP contribution < -0.4 is 5.32 Å². The number of rotatable bonds is 6. The number of nitrogens with zero attached hydrogens (tertiary/aromatic N) is 2. The second kappa shape index (κ2) is 9.69. The van der Waals surface area contributed by atoms with E-state index in [0.29, 0.717) is 27.4 Å². The highest BCUT2D eigenvalue weighted by molar-refractivity contribution is 8.15. The Hall–Kier alpha value is -2.28. The first-order chi connectivity index (χ1) is 14.3. The number of hydrogen-bond donors (Lipinski definition) is 1. The molecule has 156 valence electrons. The number of aryl methyl sites for hydroxylation is 2. The summed E-state index contributed by atoms with van der Waals surface area (Å²) in [4.78, 5) is 31.8. The summed E-state index contributed by atoms with van der Waals surface area (Å²) in [6.07, 6.45) is 1.64. The molecule has 1 atom stereocenters. The number of halogens is 2. The van der Waals surface area contributed by atoms with E-state index >= 15 is 0 Å². The largest absolute Gasteiger partial charge is 0.325 e. The van der Waals surface area contributed by atoms with E-state index in [9.17, 15) is 9.59 Å². The van der Waals surface area contributed by atoms with Crippen LogP contribution in [0.25, 0.3) is 0 Å². The third-order valence-corrected chi connectivity index (χ3v) is 6.29. The van der Waals surface area contributed by atoms with Gasteiger partial charge in [0.15, 0.2) is 5.17 Å². The van der Waals surface area contributed by atoms with Crippen LogP contribution in [0.4, 0.5) is 11.4 Å². The lowest BCUT2D eigenvalue weighted by Gasteiger charge is -2.15. The molecule has 2 aromatic carbocycles. The van der Waals surface area contributed by atoms with E-state index in [4.69, 9.17) is 28.2 Å². The van der Waals surface area contributed by atoms with Crippen LogP contribution in [0.3, 0.4) is 0 Å². The first-order valence-corrected chi connectivity index (χ1v) is 10.9. The van der Waals surface area contributed by atoms with Crippen LogP contribution in [0, 0.1) is 13.8 Å². The lowest BCUT2D eigenvalue weighted by molar-refractivity contribution is -0.127. The number of nitrogens with one attached hydrogen (secondary N) is 1. The van der Waals surface area contributed by atoms with E-state index < -0.39 is 5.25 Å². The number of anilines is 1. The highest BCUT2D eigenvalue weighted by Crippen LogP contribution is 2.34. The Bertz CT molecular complexity index is 1020. The van der Waals surface area contributed by atoms with Crippen LogP contribution >= 0.6 is 35.0 Å². The Morgan fingerprint density at radius 1 is 1.27 bits per heavy atom. The number of amides is 2. The average Bonchev–Trinajstić information content (AvgIpc) is 2.97. The maximum atomic E-state index is 12.9. The van der Waals surface area contributed by atoms with Gasteiger partial charge >= 0.3 is 0 Å². The molecule has 0 saturated carbocycles. The predicted octanol–water partition coefficient (Wildman–Crippen LogP) is 5.76. The Morgan fingerprint density at radius 2 is 1.97 bits per heavy atom. The molecule has 0 spiro atoms. The average molecular weight is 462 g/mol. The zero-order chi connectivity index (χ0) is 21.8. The van der Waals surface area contributed by atoms with Crippen molar-refractivity contribution in [2.24, 2.45) is 4.99 Å². The molecule has 1 heterocycles. The summed E-state index contributed by atoms with van der Waals surface area (Å²) in [5.74, 6) is -0.492. The summed E-state index contributed by atoms with van der Waals surface area (Å²) in [5, 5.41) is 3.55. The number of carbonyl (C=O) groups excluding carboxylic acids is 2. The van der Waals surface area contributed by atoms with E-state index in [2.05, 4.69) is 11.9 Å². The molecule has 0 aromatic heterocycles. The van der Waals surface area contributed by atoms with Crippen molar-refractivity contribution in [2.45, 2.75) is 25.5 Å². The number of thioether (sulfide) groups is 1. The number of hydrogen-bond acceptors (Lipinski definition) is 4. The molecule has 2 amide bonds. The molecule has 3 rings (SSSR count). The lowest BCUT2D eigenvalue weighted by atomic mass is 10.1. The summed E-state index contributed by atoms with van der Waals surface area (Å²) in [6.45, 7) is 8.01. The molecule has 0 radical (unpaired) electrons. The number of benzene rings is 2. The molecule has 1 N–H and O–H groups in total. The number of para-hydroxylation sites is 1. The van der Waals surface area contributed by atoms with Crippen LogP contribution in [0.15, 0.2) is 54.0 Å². The SMILES string of the molecule is C=CCN1C(=O)C(CC(=O)Nc2cc(Cl)ccc2Cl)SC1=Nc1c(C)cccc1C. The molecule has 2 aromatic rings. The maximum absolute atomic E-state index is 12.9. The highest BCUT2D eigenvalue weighted by atomic mass is 35.5. The molecule has 1 aliphatic rings. The fourth-order valence-electron chi connectivity index (χ4n) is 3.06. The van der Waals surface area contributed by atoms with Gasteiger partial charge in [0.1, 0.15) is 5.25 Å². The molecular formula is C22H21Cl2N3O2S. The molecule has 1 aliphatic heterocycles. The van der Waals surface area contributed by atoms with E-state index in [-0.39, 0.29) is 18.2 Å². The Labute approximate surface area is 190 Å². The van der Waals surface area contributed by atoms with Gasteiger partial charge in [-0.2, -0.15) is 0 Å². The van der Waals surface area contributed by atoms with Gasteiger partial charge in [0.25, 0.3) is 0 Å². The molecule has 8 heteroatoms. The minimum atomic E-state index is -0.578. The second-order valence-corrected chi connectivity index (χ2v) is 8.87. The van der Waals surface area contributed by atoms with Crippen LogP contribution in [0.1, 0.15) is 17.5 Å². The molecule has 1 fully saturated rings. The van der Waals surface area contributed by atoms with Gasteiger partial charge in [-0.05, 0) is 43.2 Å². The van der Waals surface area contributed by atoms with Crippen molar-refractivity contribution in [1.82, 2.24) is 4.90 Å². The number of amidine groups is 1. The summed E-state index contributed by atoms with van der Waals surface area (Å²) >= 11 is 13.4. The van der Waals surface area contributed by atoms with E-state index in [1.54, 1.807) is 29.2 Å². The van der Waals surface area contributed by atoms with Gasteiger partial charge < -0.3 is 5.32 Å². The normalized spacial score (nSPS) is 17.5. The van der Waals surface area contributed by atoms with Gasteiger partial charge in [0, 0.05) is 18.0 Å². The number of carbonyl (C=O) groups is 2.